The number of hydrogen-bond acceptors (Lipinski definition) is 2. The molecule has 0 aromatic heterocycles. The molecule has 1 aromatic rings. The predicted octanol–water partition coefficient (Wildman–Crippen LogP) is 3.94. The molecule has 2 rings (SSSR count). The lowest BCUT2D eigenvalue weighted by Gasteiger charge is -2.19. The van der Waals surface area contributed by atoms with Crippen molar-refractivity contribution in [1.29, 1.82) is 0 Å². The van der Waals surface area contributed by atoms with E-state index in [9.17, 15) is 4.79 Å². The summed E-state index contributed by atoms with van der Waals surface area (Å²) in [5.41, 5.74) is 0. The van der Waals surface area contributed by atoms with Crippen LogP contribution < -0.4 is 0 Å². The van der Waals surface area contributed by atoms with Gasteiger partial charge in [0.15, 0.2) is 0 Å². The molecule has 0 amide bonds. The van der Waals surface area contributed by atoms with Crippen LogP contribution in [0.15, 0.2) is 29.2 Å². The Kier molecular flexibility index (Phi) is 3.71. The first-order valence-corrected chi connectivity index (χ1v) is 6.46. The second-order valence-electron chi connectivity index (χ2n) is 3.77. The minimum absolute atomic E-state index is 0.167. The number of rotatable bonds is 2. The maximum Gasteiger partial charge on any atom is 0.146 e. The van der Waals surface area contributed by atoms with E-state index in [0.29, 0.717) is 5.78 Å². The van der Waals surface area contributed by atoms with Crippen LogP contribution in [0.3, 0.4) is 0 Å². The highest BCUT2D eigenvalue weighted by Crippen LogP contribution is 2.31. The number of thioether (sulfide) groups is 1. The van der Waals surface area contributed by atoms with Gasteiger partial charge in [-0.2, -0.15) is 0 Å². The van der Waals surface area contributed by atoms with Crippen LogP contribution in [0.5, 0.6) is 0 Å². The quantitative estimate of drug-likeness (QED) is 0.779. The van der Waals surface area contributed by atoms with Crippen molar-refractivity contribution in [1.82, 2.24) is 0 Å². The monoisotopic (exact) mass is 240 g/mol. The van der Waals surface area contributed by atoms with Crippen LogP contribution in [-0.4, -0.2) is 11.0 Å². The minimum atomic E-state index is 0.167. The predicted molar refractivity (Wildman–Crippen MR) is 64.6 cm³/mol. The van der Waals surface area contributed by atoms with Gasteiger partial charge in [0.1, 0.15) is 5.78 Å². The Labute approximate surface area is 99.2 Å². The third kappa shape index (κ3) is 2.99. The van der Waals surface area contributed by atoms with Crippen molar-refractivity contribution in [2.75, 3.05) is 0 Å². The summed E-state index contributed by atoms with van der Waals surface area (Å²) in [6.07, 6.45) is 4.02. The Morgan fingerprint density at radius 3 is 2.60 bits per heavy atom. The molecular weight excluding hydrogens is 228 g/mol. The van der Waals surface area contributed by atoms with E-state index in [1.165, 1.54) is 6.42 Å². The Morgan fingerprint density at radius 2 is 1.93 bits per heavy atom. The fourth-order valence-corrected chi connectivity index (χ4v) is 3.03. The lowest BCUT2D eigenvalue weighted by molar-refractivity contribution is -0.119. The number of halogens is 1. The van der Waals surface area contributed by atoms with Gasteiger partial charge in [-0.1, -0.05) is 18.0 Å². The average Bonchev–Trinajstić information content (AvgIpc) is 2.25. The molecule has 1 atom stereocenters. The zero-order valence-electron chi connectivity index (χ0n) is 8.41. The van der Waals surface area contributed by atoms with Gasteiger partial charge < -0.3 is 0 Å². The zero-order chi connectivity index (χ0) is 10.7. The molecule has 0 aliphatic heterocycles. The van der Waals surface area contributed by atoms with Crippen LogP contribution in [0, 0.1) is 0 Å². The molecule has 3 heteroatoms. The summed E-state index contributed by atoms with van der Waals surface area (Å²) < 4.78 is 0. The lowest BCUT2D eigenvalue weighted by Crippen LogP contribution is -2.21. The molecule has 0 bridgehead atoms. The number of benzene rings is 1. The van der Waals surface area contributed by atoms with E-state index in [1.54, 1.807) is 11.8 Å². The first-order chi connectivity index (χ1) is 7.25. The molecule has 1 aliphatic carbocycles. The maximum atomic E-state index is 11.6. The van der Waals surface area contributed by atoms with Crippen molar-refractivity contribution >= 4 is 29.1 Å². The summed E-state index contributed by atoms with van der Waals surface area (Å²) in [5.74, 6) is 0.404. The molecule has 0 N–H and O–H groups in total. The molecule has 0 radical (unpaired) electrons. The Balaban J connectivity index is 2.01. The summed E-state index contributed by atoms with van der Waals surface area (Å²) in [6.45, 7) is 0. The van der Waals surface area contributed by atoms with E-state index in [4.69, 9.17) is 11.6 Å². The second kappa shape index (κ2) is 5.04. The third-order valence-electron chi connectivity index (χ3n) is 2.59. The van der Waals surface area contributed by atoms with Crippen molar-refractivity contribution in [2.24, 2.45) is 0 Å². The first kappa shape index (κ1) is 11.0. The van der Waals surface area contributed by atoms with Crippen LogP contribution in [0.2, 0.25) is 5.02 Å². The van der Waals surface area contributed by atoms with Gasteiger partial charge in [0, 0.05) is 16.3 Å². The average molecular weight is 241 g/mol. The van der Waals surface area contributed by atoms with E-state index in [0.717, 1.165) is 29.2 Å². The fraction of sp³-hybridized carbons (Fsp3) is 0.417. The van der Waals surface area contributed by atoms with Gasteiger partial charge in [-0.3, -0.25) is 4.79 Å². The molecule has 0 saturated heterocycles. The molecule has 1 nitrogen and oxygen atoms in total. The van der Waals surface area contributed by atoms with Crippen LogP contribution in [-0.2, 0) is 4.79 Å². The van der Waals surface area contributed by atoms with Crippen molar-refractivity contribution in [2.45, 2.75) is 35.8 Å². The standard InChI is InChI=1S/C12H13ClOS/c13-9-5-7-10(8-6-9)15-12-4-2-1-3-11(12)14/h5-8,12H,1-4H2. The van der Waals surface area contributed by atoms with E-state index in [2.05, 4.69) is 0 Å². The molecule has 1 aromatic carbocycles. The minimum Gasteiger partial charge on any atom is -0.298 e. The van der Waals surface area contributed by atoms with Crippen molar-refractivity contribution in [3.8, 4) is 0 Å². The topological polar surface area (TPSA) is 17.1 Å². The van der Waals surface area contributed by atoms with Gasteiger partial charge in [-0.05, 0) is 37.1 Å². The Bertz CT molecular complexity index is 347. The highest BCUT2D eigenvalue weighted by molar-refractivity contribution is 8.00. The summed E-state index contributed by atoms with van der Waals surface area (Å²) >= 11 is 7.48. The molecule has 15 heavy (non-hydrogen) atoms. The molecular formula is C12H13ClOS. The van der Waals surface area contributed by atoms with Crippen LogP contribution in [0.4, 0.5) is 0 Å². The maximum absolute atomic E-state index is 11.6. The van der Waals surface area contributed by atoms with Crippen molar-refractivity contribution in [3.63, 3.8) is 0 Å². The van der Waals surface area contributed by atoms with Crippen LogP contribution in [0.25, 0.3) is 0 Å². The Morgan fingerprint density at radius 1 is 1.20 bits per heavy atom. The second-order valence-corrected chi connectivity index (χ2v) is 5.49. The van der Waals surface area contributed by atoms with Gasteiger partial charge in [-0.15, -0.1) is 11.8 Å². The van der Waals surface area contributed by atoms with Crippen LogP contribution in [0.1, 0.15) is 25.7 Å². The van der Waals surface area contributed by atoms with Gasteiger partial charge >= 0.3 is 0 Å². The van der Waals surface area contributed by atoms with E-state index in [-0.39, 0.29) is 5.25 Å². The SMILES string of the molecule is O=C1CCCCC1Sc1ccc(Cl)cc1. The first-order valence-electron chi connectivity index (χ1n) is 5.20. The smallest absolute Gasteiger partial charge is 0.146 e. The number of carbonyl (C=O) groups is 1. The van der Waals surface area contributed by atoms with E-state index in [1.807, 2.05) is 24.3 Å². The molecule has 0 heterocycles. The highest BCUT2D eigenvalue weighted by atomic mass is 35.5. The van der Waals surface area contributed by atoms with Crippen LogP contribution >= 0.6 is 23.4 Å². The number of carbonyl (C=O) groups excluding carboxylic acids is 1. The summed E-state index contributed by atoms with van der Waals surface area (Å²) in [6, 6.07) is 7.71. The van der Waals surface area contributed by atoms with E-state index >= 15 is 0 Å². The van der Waals surface area contributed by atoms with Gasteiger partial charge in [0.2, 0.25) is 0 Å². The molecule has 0 spiro atoms. The highest BCUT2D eigenvalue weighted by Gasteiger charge is 2.22. The van der Waals surface area contributed by atoms with Gasteiger partial charge in [-0.25, -0.2) is 0 Å². The normalized spacial score (nSPS) is 21.7. The lowest BCUT2D eigenvalue weighted by atomic mass is 9.99. The van der Waals surface area contributed by atoms with Gasteiger partial charge in [0.05, 0.1) is 5.25 Å². The van der Waals surface area contributed by atoms with Gasteiger partial charge in [0.25, 0.3) is 0 Å². The molecule has 1 aliphatic rings. The Hall–Kier alpha value is -0.470. The summed E-state index contributed by atoms with van der Waals surface area (Å²) in [4.78, 5) is 12.8. The molecule has 1 fully saturated rings. The fourth-order valence-electron chi connectivity index (χ4n) is 1.75. The summed E-state index contributed by atoms with van der Waals surface area (Å²) in [7, 11) is 0. The van der Waals surface area contributed by atoms with E-state index < -0.39 is 0 Å². The largest absolute Gasteiger partial charge is 0.298 e. The molecule has 1 saturated carbocycles. The number of ketones is 1. The van der Waals surface area contributed by atoms with Crippen molar-refractivity contribution < 1.29 is 4.79 Å². The number of Topliss-reactive ketones (excluding diaryl/α,β-unsaturated/α-hetero) is 1. The molecule has 1 unspecified atom stereocenters. The number of hydrogen-bond donors (Lipinski definition) is 0. The molecule has 80 valence electrons. The third-order valence-corrected chi connectivity index (χ3v) is 4.17. The summed E-state index contributed by atoms with van der Waals surface area (Å²) in [5, 5.41) is 0.911. The zero-order valence-corrected chi connectivity index (χ0v) is 9.98. The van der Waals surface area contributed by atoms with Crippen molar-refractivity contribution in [3.05, 3.63) is 29.3 Å².